The van der Waals surface area contributed by atoms with E-state index in [9.17, 15) is 4.57 Å². The lowest BCUT2D eigenvalue weighted by molar-refractivity contribution is -0.640. The van der Waals surface area contributed by atoms with Crippen molar-refractivity contribution < 1.29 is 33.4 Å². The minimum Gasteiger partial charge on any atom is -0.404 e. The second-order valence-electron chi connectivity index (χ2n) is 7.85. The van der Waals surface area contributed by atoms with Gasteiger partial charge >= 0.3 is 7.82 Å². The van der Waals surface area contributed by atoms with Crippen molar-refractivity contribution in [3.63, 3.8) is 0 Å². The minimum absolute atomic E-state index is 0.0823. The molecule has 1 aromatic carbocycles. The predicted octanol–water partition coefficient (Wildman–Crippen LogP) is 4.04. The van der Waals surface area contributed by atoms with Crippen LogP contribution in [0.2, 0.25) is 0 Å². The van der Waals surface area contributed by atoms with E-state index in [0.717, 1.165) is 25.7 Å². The summed E-state index contributed by atoms with van der Waals surface area (Å²) >= 11 is 0. The van der Waals surface area contributed by atoms with Crippen LogP contribution in [0.25, 0.3) is 0 Å². The smallest absolute Gasteiger partial charge is 0.404 e. The fourth-order valence-corrected chi connectivity index (χ4v) is 5.80. The highest BCUT2D eigenvalue weighted by atomic mass is 31.2. The lowest BCUT2D eigenvalue weighted by Gasteiger charge is -2.63. The lowest BCUT2D eigenvalue weighted by atomic mass is 9.58. The van der Waals surface area contributed by atoms with Crippen LogP contribution in [0.3, 0.4) is 0 Å². The Morgan fingerprint density at radius 3 is 2.26 bits per heavy atom. The summed E-state index contributed by atoms with van der Waals surface area (Å²) in [4.78, 5) is 29.9. The van der Waals surface area contributed by atoms with Gasteiger partial charge in [-0.3, -0.25) is 9.79 Å². The monoisotopic (exact) mass is 398 g/mol. The van der Waals surface area contributed by atoms with Gasteiger partial charge in [-0.2, -0.15) is 4.89 Å². The Morgan fingerprint density at radius 1 is 1.04 bits per heavy atom. The first kappa shape index (κ1) is 19.4. The number of rotatable bonds is 4. The molecule has 3 fully saturated rings. The fraction of sp³-hybridized carbons (Fsp3) is 0.684. The van der Waals surface area contributed by atoms with Crippen LogP contribution in [0, 0.1) is 11.8 Å². The maximum Gasteiger partial charge on any atom is 0.524 e. The zero-order chi connectivity index (χ0) is 19.1. The molecule has 1 saturated heterocycles. The summed E-state index contributed by atoms with van der Waals surface area (Å²) in [6.45, 7) is 0. The molecular weight excluding hydrogens is 371 g/mol. The van der Waals surface area contributed by atoms with E-state index in [1.807, 2.05) is 6.07 Å². The molecule has 0 amide bonds. The maximum atomic E-state index is 11.2. The van der Waals surface area contributed by atoms with Gasteiger partial charge < -0.3 is 9.26 Å². The highest BCUT2D eigenvalue weighted by Gasteiger charge is 2.73. The van der Waals surface area contributed by atoms with Gasteiger partial charge in [-0.1, -0.05) is 37.8 Å². The topological polar surface area (TPSA) is 94.5 Å². The van der Waals surface area contributed by atoms with Gasteiger partial charge in [-0.05, 0) is 49.7 Å². The maximum absolute atomic E-state index is 11.2. The predicted molar refractivity (Wildman–Crippen MR) is 96.6 cm³/mol. The van der Waals surface area contributed by atoms with Crippen molar-refractivity contribution in [1.82, 2.24) is 0 Å². The molecule has 8 heteroatoms. The zero-order valence-electron chi connectivity index (χ0n) is 15.5. The molecule has 3 unspecified atom stereocenters. The minimum atomic E-state index is -4.64. The van der Waals surface area contributed by atoms with Gasteiger partial charge in [0.05, 0.1) is 0 Å². The fourth-order valence-electron chi connectivity index (χ4n) is 5.42. The van der Waals surface area contributed by atoms with E-state index in [0.29, 0.717) is 17.4 Å². The molecule has 7 nitrogen and oxygen atoms in total. The zero-order valence-corrected chi connectivity index (χ0v) is 16.4. The van der Waals surface area contributed by atoms with Gasteiger partial charge in [-0.25, -0.2) is 9.45 Å². The first-order valence-corrected chi connectivity index (χ1v) is 11.2. The van der Waals surface area contributed by atoms with Crippen LogP contribution in [0.15, 0.2) is 24.3 Å². The van der Waals surface area contributed by atoms with E-state index >= 15 is 0 Å². The number of phosphoric acid groups is 1. The van der Waals surface area contributed by atoms with Crippen molar-refractivity contribution >= 4 is 7.82 Å². The van der Waals surface area contributed by atoms with Crippen molar-refractivity contribution in [1.29, 1.82) is 0 Å². The summed E-state index contributed by atoms with van der Waals surface area (Å²) in [5.41, 5.74) is 0.0981. The molecule has 27 heavy (non-hydrogen) atoms. The molecule has 3 atom stereocenters. The van der Waals surface area contributed by atoms with Crippen LogP contribution in [-0.2, 0) is 24.9 Å². The first-order valence-electron chi connectivity index (χ1n) is 9.69. The summed E-state index contributed by atoms with van der Waals surface area (Å²) in [5.74, 6) is -0.346. The first-order chi connectivity index (χ1) is 12.9. The molecule has 1 spiro atoms. The Labute approximate surface area is 159 Å². The molecule has 1 aromatic rings. The van der Waals surface area contributed by atoms with Crippen molar-refractivity contribution in [3.05, 3.63) is 29.8 Å². The van der Waals surface area contributed by atoms with E-state index in [1.54, 1.807) is 19.2 Å². The Kier molecular flexibility index (Phi) is 5.12. The third kappa shape index (κ3) is 3.15. The van der Waals surface area contributed by atoms with Gasteiger partial charge in [-0.15, -0.1) is 0 Å². The third-order valence-corrected chi connectivity index (χ3v) is 6.91. The van der Waals surface area contributed by atoms with Gasteiger partial charge in [0.1, 0.15) is 5.75 Å². The Bertz CT molecular complexity index is 715. The van der Waals surface area contributed by atoms with Crippen LogP contribution >= 0.6 is 7.82 Å². The van der Waals surface area contributed by atoms with Crippen molar-refractivity contribution in [2.45, 2.75) is 62.8 Å². The summed E-state index contributed by atoms with van der Waals surface area (Å²) in [7, 11) is -3.04. The van der Waals surface area contributed by atoms with Gasteiger partial charge in [0.15, 0.2) is 5.60 Å². The molecule has 3 aliphatic rings. The average molecular weight is 398 g/mol. The van der Waals surface area contributed by atoms with Crippen molar-refractivity contribution in [2.75, 3.05) is 7.11 Å². The van der Waals surface area contributed by atoms with E-state index in [4.69, 9.17) is 28.8 Å². The number of hydrogen-bond donors (Lipinski definition) is 2. The van der Waals surface area contributed by atoms with E-state index in [1.165, 1.54) is 31.7 Å². The van der Waals surface area contributed by atoms with Crippen LogP contribution in [0.4, 0.5) is 0 Å². The van der Waals surface area contributed by atoms with E-state index in [2.05, 4.69) is 0 Å². The number of benzene rings is 1. The summed E-state index contributed by atoms with van der Waals surface area (Å²) < 4.78 is 22.0. The number of ether oxygens (including phenoxy) is 1. The van der Waals surface area contributed by atoms with Crippen molar-refractivity contribution in [3.8, 4) is 5.75 Å². The molecule has 2 bridgehead atoms. The van der Waals surface area contributed by atoms with Crippen molar-refractivity contribution in [2.24, 2.45) is 11.8 Å². The Hall–Kier alpha value is -0.950. The SMILES string of the molecule is COC1(c2cccc(OP(=O)(O)O)c2)OOC12C1CCCCCC2CCC1. The van der Waals surface area contributed by atoms with Gasteiger partial charge in [0.25, 0.3) is 5.79 Å². The molecule has 0 aromatic heterocycles. The second kappa shape index (κ2) is 7.14. The highest BCUT2D eigenvalue weighted by molar-refractivity contribution is 7.46. The van der Waals surface area contributed by atoms with Crippen LogP contribution in [-0.4, -0.2) is 22.5 Å². The molecule has 0 radical (unpaired) electrons. The van der Waals surface area contributed by atoms with E-state index < -0.39 is 19.2 Å². The second-order valence-corrected chi connectivity index (χ2v) is 9.02. The number of phosphoric ester groups is 1. The standard InChI is InChI=1S/C19H27O7P/c1-23-19(16-11-6-12-17(13-16)24-27(20,21)22)18(25-26-19)14-7-3-2-4-8-15(18)10-5-9-14/h6,11-15H,2-5,7-10H2,1H3,(H2,20,21,22). The van der Waals surface area contributed by atoms with Gasteiger partial charge in [0.2, 0.25) is 0 Å². The molecule has 2 saturated carbocycles. The number of hydrogen-bond acceptors (Lipinski definition) is 5. The van der Waals surface area contributed by atoms with Crippen LogP contribution in [0.1, 0.15) is 56.9 Å². The van der Waals surface area contributed by atoms with Crippen LogP contribution in [0.5, 0.6) is 5.75 Å². The van der Waals surface area contributed by atoms with E-state index in [-0.39, 0.29) is 5.75 Å². The molecule has 150 valence electrons. The Balaban J connectivity index is 1.75. The highest BCUT2D eigenvalue weighted by Crippen LogP contribution is 2.63. The normalized spacial score (nSPS) is 36.6. The summed E-state index contributed by atoms with van der Waals surface area (Å²) in [6, 6.07) is 6.63. The average Bonchev–Trinajstić information content (AvgIpc) is 2.59. The molecule has 1 aliphatic heterocycles. The van der Waals surface area contributed by atoms with Gasteiger partial charge in [0, 0.05) is 12.7 Å². The number of methoxy groups -OCH3 is 1. The third-order valence-electron chi connectivity index (χ3n) is 6.46. The summed E-state index contributed by atoms with van der Waals surface area (Å²) in [6.07, 6.45) is 9.06. The molecular formula is C19H27O7P. The summed E-state index contributed by atoms with van der Waals surface area (Å²) in [5, 5.41) is 0. The molecule has 1 heterocycles. The lowest BCUT2D eigenvalue weighted by Crippen LogP contribution is -2.73. The van der Waals surface area contributed by atoms with Crippen LogP contribution < -0.4 is 4.52 Å². The quantitative estimate of drug-likeness (QED) is 0.584. The molecule has 2 N–H and O–H groups in total. The Morgan fingerprint density at radius 2 is 1.70 bits per heavy atom. The molecule has 2 aliphatic carbocycles. The largest absolute Gasteiger partial charge is 0.524 e. The molecule has 4 rings (SSSR count).